The van der Waals surface area contributed by atoms with Gasteiger partial charge in [0.2, 0.25) is 0 Å². The molecule has 2 rings (SSSR count). The molecule has 6 nitrogen and oxygen atoms in total. The average Bonchev–Trinajstić information content (AvgIpc) is 2.43. The summed E-state index contributed by atoms with van der Waals surface area (Å²) in [5.41, 5.74) is -1.93. The number of rotatable bonds is 2. The third-order valence-corrected chi connectivity index (χ3v) is 4.40. The molecule has 1 aromatic carbocycles. The van der Waals surface area contributed by atoms with Crippen LogP contribution in [-0.4, -0.2) is 41.4 Å². The maximum absolute atomic E-state index is 13.8. The van der Waals surface area contributed by atoms with Crippen molar-refractivity contribution < 1.29 is 23.5 Å². The predicted molar refractivity (Wildman–Crippen MR) is 105 cm³/mol. The first-order chi connectivity index (χ1) is 12.6. The van der Waals surface area contributed by atoms with Crippen LogP contribution in [0.4, 0.5) is 14.0 Å². The third kappa shape index (κ3) is 5.41. The molecule has 0 saturated carbocycles. The molecule has 9 heteroatoms. The summed E-state index contributed by atoms with van der Waals surface area (Å²) in [6, 6.07) is 2.76. The Morgan fingerprint density at radius 2 is 1.50 bits per heavy atom. The van der Waals surface area contributed by atoms with Crippen molar-refractivity contribution in [2.75, 3.05) is 13.1 Å². The minimum absolute atomic E-state index is 0.0967. The summed E-state index contributed by atoms with van der Waals surface area (Å²) in [5.74, 6) is -0.747. The van der Waals surface area contributed by atoms with Crippen LogP contribution in [0.5, 0.6) is 0 Å². The number of amides is 2. The van der Waals surface area contributed by atoms with E-state index in [1.165, 1.54) is 17.0 Å². The molecule has 0 radical (unpaired) electrons. The van der Waals surface area contributed by atoms with Crippen LogP contribution in [0.1, 0.15) is 47.1 Å². The molecule has 1 aliphatic heterocycles. The fraction of sp³-hybridized carbons (Fsp3) is 0.579. The molecule has 0 spiro atoms. The molecule has 1 heterocycles. The lowest BCUT2D eigenvalue weighted by atomic mass is 9.82. The lowest BCUT2D eigenvalue weighted by molar-refractivity contribution is -0.0230. The van der Waals surface area contributed by atoms with E-state index in [2.05, 4.69) is 5.32 Å². The largest absolute Gasteiger partial charge is 0.444 e. The predicted octanol–water partition coefficient (Wildman–Crippen LogP) is 5.10. The van der Waals surface area contributed by atoms with Gasteiger partial charge in [-0.1, -0.05) is 23.2 Å². The molecule has 156 valence electrons. The summed E-state index contributed by atoms with van der Waals surface area (Å²) in [6.45, 7) is 10.7. The lowest BCUT2D eigenvalue weighted by Crippen LogP contribution is -2.69. The van der Waals surface area contributed by atoms with Gasteiger partial charge in [0.15, 0.2) is 5.82 Å². The van der Waals surface area contributed by atoms with Gasteiger partial charge in [0, 0.05) is 0 Å². The van der Waals surface area contributed by atoms with Gasteiger partial charge in [0.25, 0.3) is 0 Å². The summed E-state index contributed by atoms with van der Waals surface area (Å²) in [6.07, 6.45) is -1.19. The Morgan fingerprint density at radius 3 is 1.93 bits per heavy atom. The number of ether oxygens (including phenoxy) is 2. The van der Waals surface area contributed by atoms with Gasteiger partial charge in [-0.2, -0.15) is 0 Å². The minimum Gasteiger partial charge on any atom is -0.444 e. The zero-order chi connectivity index (χ0) is 21.5. The van der Waals surface area contributed by atoms with E-state index in [4.69, 9.17) is 32.7 Å². The number of likely N-dealkylation sites (tertiary alicyclic amines) is 1. The van der Waals surface area contributed by atoms with Crippen LogP contribution in [0.15, 0.2) is 12.1 Å². The van der Waals surface area contributed by atoms with Gasteiger partial charge in [0.1, 0.15) is 16.7 Å². The van der Waals surface area contributed by atoms with E-state index >= 15 is 0 Å². The molecular formula is C19H25Cl2FN2O4. The fourth-order valence-electron chi connectivity index (χ4n) is 2.73. The molecule has 0 aliphatic carbocycles. The number of alkyl carbamates (subject to hydrolysis) is 1. The second-order valence-electron chi connectivity index (χ2n) is 8.80. The Kier molecular flexibility index (Phi) is 6.12. The summed E-state index contributed by atoms with van der Waals surface area (Å²) in [7, 11) is 0. The number of halogens is 3. The van der Waals surface area contributed by atoms with Crippen molar-refractivity contribution >= 4 is 35.4 Å². The van der Waals surface area contributed by atoms with E-state index in [1.807, 2.05) is 0 Å². The lowest BCUT2D eigenvalue weighted by Gasteiger charge is -2.50. The normalized spacial score (nSPS) is 16.2. The highest BCUT2D eigenvalue weighted by Crippen LogP contribution is 2.37. The maximum atomic E-state index is 13.8. The summed E-state index contributed by atoms with van der Waals surface area (Å²) in [4.78, 5) is 26.1. The number of benzene rings is 1. The molecule has 1 aromatic rings. The van der Waals surface area contributed by atoms with Gasteiger partial charge in [-0.05, 0) is 59.2 Å². The van der Waals surface area contributed by atoms with Gasteiger partial charge in [-0.15, -0.1) is 0 Å². The standard InChI is InChI=1S/C19H25Cl2FN2O4/c1-17(2,3)27-15(25)23-19(11-7-12(20)14(22)13(21)8-11)9-24(10-19)16(26)28-18(4,5)6/h7-8H,9-10H2,1-6H3,(H,23,25). The smallest absolute Gasteiger partial charge is 0.410 e. The van der Waals surface area contributed by atoms with Gasteiger partial charge >= 0.3 is 12.2 Å². The van der Waals surface area contributed by atoms with Gasteiger partial charge in [0.05, 0.1) is 23.1 Å². The van der Waals surface area contributed by atoms with Crippen LogP contribution in [0.3, 0.4) is 0 Å². The van der Waals surface area contributed by atoms with Gasteiger partial charge in [-0.25, -0.2) is 14.0 Å². The number of hydrogen-bond donors (Lipinski definition) is 1. The molecule has 1 N–H and O–H groups in total. The van der Waals surface area contributed by atoms with Crippen molar-refractivity contribution in [2.24, 2.45) is 0 Å². The molecule has 0 atom stereocenters. The van der Waals surface area contributed by atoms with Crippen LogP contribution < -0.4 is 5.32 Å². The molecule has 28 heavy (non-hydrogen) atoms. The highest BCUT2D eigenvalue weighted by molar-refractivity contribution is 6.35. The molecule has 0 aromatic heterocycles. The highest BCUT2D eigenvalue weighted by Gasteiger charge is 2.50. The number of hydrogen-bond acceptors (Lipinski definition) is 4. The first kappa shape index (κ1) is 22.6. The van der Waals surface area contributed by atoms with Crippen molar-refractivity contribution in [3.63, 3.8) is 0 Å². The van der Waals surface area contributed by atoms with Gasteiger partial charge in [-0.3, -0.25) is 0 Å². The van der Waals surface area contributed by atoms with Crippen molar-refractivity contribution in [1.82, 2.24) is 10.2 Å². The van der Waals surface area contributed by atoms with Crippen LogP contribution in [-0.2, 0) is 15.0 Å². The van der Waals surface area contributed by atoms with E-state index in [1.54, 1.807) is 41.5 Å². The van der Waals surface area contributed by atoms with E-state index in [9.17, 15) is 14.0 Å². The second kappa shape index (κ2) is 7.59. The summed E-state index contributed by atoms with van der Waals surface area (Å²) >= 11 is 11.9. The highest BCUT2D eigenvalue weighted by atomic mass is 35.5. The Hall–Kier alpha value is -1.73. The second-order valence-corrected chi connectivity index (χ2v) is 9.61. The monoisotopic (exact) mass is 434 g/mol. The van der Waals surface area contributed by atoms with Gasteiger partial charge < -0.3 is 19.7 Å². The third-order valence-electron chi connectivity index (χ3n) is 3.85. The van der Waals surface area contributed by atoms with E-state index < -0.39 is 34.7 Å². The topological polar surface area (TPSA) is 67.9 Å². The fourth-order valence-corrected chi connectivity index (χ4v) is 3.21. The Balaban J connectivity index is 2.29. The first-order valence-corrected chi connectivity index (χ1v) is 9.52. The van der Waals surface area contributed by atoms with Crippen molar-refractivity contribution in [3.05, 3.63) is 33.6 Å². The number of carbonyl (C=O) groups is 2. The molecule has 1 aliphatic rings. The summed E-state index contributed by atoms with van der Waals surface area (Å²) < 4.78 is 24.5. The number of nitrogens with zero attached hydrogens (tertiary/aromatic N) is 1. The number of nitrogens with one attached hydrogen (secondary N) is 1. The van der Waals surface area contributed by atoms with E-state index in [0.29, 0.717) is 5.56 Å². The Bertz CT molecular complexity index is 758. The van der Waals surface area contributed by atoms with Crippen LogP contribution in [0.2, 0.25) is 10.0 Å². The molecule has 1 saturated heterocycles. The molecule has 2 amide bonds. The molecular weight excluding hydrogens is 410 g/mol. The van der Waals surface area contributed by atoms with Crippen molar-refractivity contribution in [2.45, 2.75) is 58.3 Å². The zero-order valence-corrected chi connectivity index (χ0v) is 18.3. The van der Waals surface area contributed by atoms with Crippen LogP contribution >= 0.6 is 23.2 Å². The van der Waals surface area contributed by atoms with Crippen molar-refractivity contribution in [3.8, 4) is 0 Å². The Morgan fingerprint density at radius 1 is 1.04 bits per heavy atom. The SMILES string of the molecule is CC(C)(C)OC(=O)NC1(c2cc(Cl)c(F)c(Cl)c2)CN(C(=O)OC(C)(C)C)C1. The molecule has 1 fully saturated rings. The van der Waals surface area contributed by atoms with Crippen LogP contribution in [0.25, 0.3) is 0 Å². The summed E-state index contributed by atoms with van der Waals surface area (Å²) in [5, 5.41) is 2.42. The first-order valence-electron chi connectivity index (χ1n) is 8.76. The molecule has 0 bridgehead atoms. The minimum atomic E-state index is -1.03. The van der Waals surface area contributed by atoms with E-state index in [-0.39, 0.29) is 23.1 Å². The Labute approximate surface area is 174 Å². The quantitative estimate of drug-likeness (QED) is 0.657. The van der Waals surface area contributed by atoms with E-state index in [0.717, 1.165) is 0 Å². The average molecular weight is 435 g/mol. The van der Waals surface area contributed by atoms with Crippen LogP contribution in [0, 0.1) is 5.82 Å². The molecule has 0 unspecified atom stereocenters. The maximum Gasteiger partial charge on any atom is 0.410 e. The van der Waals surface area contributed by atoms with Crippen molar-refractivity contribution in [1.29, 1.82) is 0 Å². The zero-order valence-electron chi connectivity index (χ0n) is 16.8. The number of carbonyl (C=O) groups excluding carboxylic acids is 2.